The maximum atomic E-state index is 13.6. The molecule has 1 heterocycles. The summed E-state index contributed by atoms with van der Waals surface area (Å²) in [6.45, 7) is 5.95. The Morgan fingerprint density at radius 1 is 1.00 bits per heavy atom. The van der Waals surface area contributed by atoms with Gasteiger partial charge in [0.2, 0.25) is 5.91 Å². The second-order valence-corrected chi connectivity index (χ2v) is 11.2. The third-order valence-corrected chi connectivity index (χ3v) is 7.44. The van der Waals surface area contributed by atoms with Crippen LogP contribution in [0.3, 0.4) is 0 Å². The molecule has 31 heavy (non-hydrogen) atoms. The van der Waals surface area contributed by atoms with Crippen LogP contribution in [0, 0.1) is 5.41 Å². The van der Waals surface area contributed by atoms with Crippen LogP contribution in [0.15, 0.2) is 65.6 Å². The number of nitrogens with zero attached hydrogens (tertiary/aromatic N) is 2. The summed E-state index contributed by atoms with van der Waals surface area (Å²) < 4.78 is 25.7. The summed E-state index contributed by atoms with van der Waals surface area (Å²) in [5, 5.41) is 0. The van der Waals surface area contributed by atoms with Gasteiger partial charge >= 0.3 is 0 Å². The van der Waals surface area contributed by atoms with E-state index >= 15 is 0 Å². The Morgan fingerprint density at radius 2 is 1.55 bits per heavy atom. The van der Waals surface area contributed by atoms with Crippen LogP contribution in [0.5, 0.6) is 0 Å². The molecule has 7 heteroatoms. The highest BCUT2D eigenvalue weighted by Gasteiger charge is 2.46. The zero-order valence-electron chi connectivity index (χ0n) is 18.5. The molecule has 2 aromatic carbocycles. The Morgan fingerprint density at radius 3 is 2.10 bits per heavy atom. The number of hydrogen-bond donors (Lipinski definition) is 0. The predicted molar refractivity (Wildman–Crippen MR) is 120 cm³/mol. The van der Waals surface area contributed by atoms with Crippen molar-refractivity contribution < 1.29 is 18.0 Å². The number of hydrogen-bond acceptors (Lipinski definition) is 4. The summed E-state index contributed by atoms with van der Waals surface area (Å²) >= 11 is 0. The molecule has 6 nitrogen and oxygen atoms in total. The molecule has 0 aliphatic carbocycles. The quantitative estimate of drug-likeness (QED) is 0.709. The molecule has 166 valence electrons. The van der Waals surface area contributed by atoms with Gasteiger partial charge in [-0.1, -0.05) is 57.2 Å². The van der Waals surface area contributed by atoms with Gasteiger partial charge in [0.05, 0.1) is 10.6 Å². The third-order valence-electron chi connectivity index (χ3n) is 5.68. The highest BCUT2D eigenvalue weighted by Crippen LogP contribution is 2.35. The molecule has 0 bridgehead atoms. The van der Waals surface area contributed by atoms with E-state index in [9.17, 15) is 18.0 Å². The number of rotatable bonds is 5. The minimum absolute atomic E-state index is 0.0841. The SMILES string of the molecule is CN1C(=O)CC(CCS(=O)(=O)c2ccccc2)N(C(=O)c2ccccc2)C1C(C)(C)C. The molecular formula is C24H30N2O4S. The molecule has 0 spiro atoms. The van der Waals surface area contributed by atoms with Crippen LogP contribution >= 0.6 is 0 Å². The zero-order valence-corrected chi connectivity index (χ0v) is 19.3. The fourth-order valence-electron chi connectivity index (χ4n) is 4.25. The van der Waals surface area contributed by atoms with E-state index in [-0.39, 0.29) is 35.3 Å². The van der Waals surface area contributed by atoms with E-state index in [2.05, 4.69) is 0 Å². The predicted octanol–water partition coefficient (Wildman–Crippen LogP) is 3.60. The molecule has 1 aliphatic heterocycles. The maximum Gasteiger partial charge on any atom is 0.255 e. The van der Waals surface area contributed by atoms with E-state index in [4.69, 9.17) is 0 Å². The smallest absolute Gasteiger partial charge is 0.255 e. The van der Waals surface area contributed by atoms with Gasteiger partial charge in [-0.25, -0.2) is 8.42 Å². The van der Waals surface area contributed by atoms with Gasteiger partial charge < -0.3 is 9.80 Å². The van der Waals surface area contributed by atoms with E-state index in [1.165, 1.54) is 0 Å². The molecule has 2 aromatic rings. The molecule has 1 aliphatic rings. The van der Waals surface area contributed by atoms with E-state index < -0.39 is 27.5 Å². The van der Waals surface area contributed by atoms with E-state index in [0.29, 0.717) is 5.56 Å². The zero-order chi connectivity index (χ0) is 22.8. The Kier molecular flexibility index (Phi) is 6.55. The van der Waals surface area contributed by atoms with Gasteiger partial charge in [0, 0.05) is 30.5 Å². The summed E-state index contributed by atoms with van der Waals surface area (Å²) in [4.78, 5) is 29.9. The summed E-state index contributed by atoms with van der Waals surface area (Å²) in [7, 11) is -1.81. The summed E-state index contributed by atoms with van der Waals surface area (Å²) in [5.41, 5.74) is 0.113. The maximum absolute atomic E-state index is 13.6. The van der Waals surface area contributed by atoms with E-state index in [1.807, 2.05) is 26.8 Å². The van der Waals surface area contributed by atoms with Crippen molar-refractivity contribution in [2.75, 3.05) is 12.8 Å². The second kappa shape index (κ2) is 8.83. The molecule has 0 aromatic heterocycles. The molecule has 0 saturated carbocycles. The molecule has 0 radical (unpaired) electrons. The van der Waals surface area contributed by atoms with Crippen molar-refractivity contribution in [2.24, 2.45) is 5.41 Å². The van der Waals surface area contributed by atoms with E-state index in [0.717, 1.165) is 0 Å². The fraction of sp³-hybridized carbons (Fsp3) is 0.417. The molecule has 0 N–H and O–H groups in total. The minimum atomic E-state index is -3.52. The number of benzene rings is 2. The molecule has 1 saturated heterocycles. The first-order valence-corrected chi connectivity index (χ1v) is 12.1. The summed E-state index contributed by atoms with van der Waals surface area (Å²) in [6, 6.07) is 16.7. The number of amides is 2. The van der Waals surface area contributed by atoms with Crippen LogP contribution in [0.1, 0.15) is 44.0 Å². The Hall–Kier alpha value is -2.67. The Labute approximate surface area is 184 Å². The van der Waals surface area contributed by atoms with Crippen LogP contribution in [-0.4, -0.2) is 55.0 Å². The van der Waals surface area contributed by atoms with Crippen LogP contribution in [-0.2, 0) is 14.6 Å². The van der Waals surface area contributed by atoms with Gasteiger partial charge in [0.15, 0.2) is 9.84 Å². The number of carbonyl (C=O) groups excluding carboxylic acids is 2. The number of carbonyl (C=O) groups is 2. The van der Waals surface area contributed by atoms with Crippen molar-refractivity contribution in [3.63, 3.8) is 0 Å². The third kappa shape index (κ3) is 4.98. The van der Waals surface area contributed by atoms with Crippen molar-refractivity contribution in [2.45, 2.75) is 50.7 Å². The second-order valence-electron chi connectivity index (χ2n) is 9.10. The van der Waals surface area contributed by atoms with Gasteiger partial charge in [-0.2, -0.15) is 0 Å². The average Bonchev–Trinajstić information content (AvgIpc) is 2.74. The highest BCUT2D eigenvalue weighted by molar-refractivity contribution is 7.91. The summed E-state index contributed by atoms with van der Waals surface area (Å²) in [5.74, 6) is -0.408. The van der Waals surface area contributed by atoms with Crippen molar-refractivity contribution in [3.8, 4) is 0 Å². The van der Waals surface area contributed by atoms with Gasteiger partial charge in [-0.15, -0.1) is 0 Å². The van der Waals surface area contributed by atoms with Gasteiger partial charge in [0.25, 0.3) is 5.91 Å². The Bertz CT molecular complexity index is 1030. The molecule has 2 atom stereocenters. The standard InChI is InChI=1S/C24H30N2O4S/c1-24(2,3)23-25(4)21(27)17-19(26(23)22(28)18-11-7-5-8-12-18)15-16-31(29,30)20-13-9-6-10-14-20/h5-14,19,23H,15-17H2,1-4H3. The lowest BCUT2D eigenvalue weighted by atomic mass is 9.86. The lowest BCUT2D eigenvalue weighted by Gasteiger charge is -2.52. The molecule has 2 amide bonds. The lowest BCUT2D eigenvalue weighted by molar-refractivity contribution is -0.150. The fourth-order valence-corrected chi connectivity index (χ4v) is 5.64. The highest BCUT2D eigenvalue weighted by atomic mass is 32.2. The monoisotopic (exact) mass is 442 g/mol. The first-order valence-electron chi connectivity index (χ1n) is 10.4. The van der Waals surface area contributed by atoms with Gasteiger partial charge in [-0.3, -0.25) is 9.59 Å². The van der Waals surface area contributed by atoms with Gasteiger partial charge in [-0.05, 0) is 30.7 Å². The normalized spacial score (nSPS) is 20.1. The van der Waals surface area contributed by atoms with Crippen molar-refractivity contribution >= 4 is 21.7 Å². The van der Waals surface area contributed by atoms with Crippen LogP contribution in [0.4, 0.5) is 0 Å². The first kappa shape index (κ1) is 23.0. The van der Waals surface area contributed by atoms with E-state index in [1.54, 1.807) is 71.4 Å². The Balaban J connectivity index is 1.95. The minimum Gasteiger partial charge on any atom is -0.325 e. The van der Waals surface area contributed by atoms with Crippen molar-refractivity contribution in [3.05, 3.63) is 66.2 Å². The molecule has 3 rings (SSSR count). The van der Waals surface area contributed by atoms with Gasteiger partial charge in [0.1, 0.15) is 6.17 Å². The van der Waals surface area contributed by atoms with Crippen LogP contribution in [0.2, 0.25) is 0 Å². The van der Waals surface area contributed by atoms with Crippen LogP contribution in [0.25, 0.3) is 0 Å². The first-order chi connectivity index (χ1) is 14.5. The van der Waals surface area contributed by atoms with Crippen LogP contribution < -0.4 is 0 Å². The summed E-state index contributed by atoms with van der Waals surface area (Å²) in [6.07, 6.45) is -0.181. The average molecular weight is 443 g/mol. The molecule has 2 unspecified atom stereocenters. The lowest BCUT2D eigenvalue weighted by Crippen LogP contribution is -2.65. The topological polar surface area (TPSA) is 74.8 Å². The molecular weight excluding hydrogens is 412 g/mol. The molecule has 1 fully saturated rings. The largest absolute Gasteiger partial charge is 0.325 e. The van der Waals surface area contributed by atoms with Crippen molar-refractivity contribution in [1.29, 1.82) is 0 Å². The van der Waals surface area contributed by atoms with Crippen molar-refractivity contribution in [1.82, 2.24) is 9.80 Å². The number of sulfone groups is 1.